The van der Waals surface area contributed by atoms with Crippen LogP contribution in [0.2, 0.25) is 0 Å². The number of carbonyl (C=O) groups excluding carboxylic acids is 1. The van der Waals surface area contributed by atoms with Crippen LogP contribution in [0.5, 0.6) is 0 Å². The number of sulfonamides is 1. The van der Waals surface area contributed by atoms with Crippen molar-refractivity contribution in [3.63, 3.8) is 0 Å². The van der Waals surface area contributed by atoms with E-state index in [4.69, 9.17) is 4.74 Å². The molecule has 1 aliphatic heterocycles. The lowest BCUT2D eigenvalue weighted by atomic mass is 10.3. The third-order valence-electron chi connectivity index (χ3n) is 4.25. The van der Waals surface area contributed by atoms with Gasteiger partial charge < -0.3 is 4.74 Å². The van der Waals surface area contributed by atoms with E-state index in [1.54, 1.807) is 16.9 Å². The van der Waals surface area contributed by atoms with Gasteiger partial charge in [0.05, 0.1) is 25.4 Å². The van der Waals surface area contributed by atoms with Crippen LogP contribution in [0.4, 0.5) is 8.78 Å². The molecule has 0 spiro atoms. The van der Waals surface area contributed by atoms with E-state index in [0.717, 1.165) is 6.07 Å². The molecule has 0 aliphatic carbocycles. The molecule has 1 aliphatic rings. The fourth-order valence-corrected chi connectivity index (χ4v) is 4.61. The first kappa shape index (κ1) is 18.5. The van der Waals surface area contributed by atoms with Gasteiger partial charge in [-0.05, 0) is 26.0 Å². The lowest BCUT2D eigenvalue weighted by Crippen LogP contribution is -2.38. The van der Waals surface area contributed by atoms with Crippen LogP contribution in [0.15, 0.2) is 23.2 Å². The second kappa shape index (κ2) is 6.80. The first-order valence-corrected chi connectivity index (χ1v) is 9.39. The standard InChI is InChI=1S/C15H18F2N4O4S/c1-3-25-14(22)12-8-13(10(2)21(12)15(16)17)26(23,24)19-6-7-20-11(9-19)4-5-18-20/h4-5,8,15H,3,6-7,9H2,1-2H3. The normalized spacial score (nSPS) is 15.3. The molecule has 0 atom stereocenters. The van der Waals surface area contributed by atoms with Crippen molar-refractivity contribution in [3.05, 3.63) is 35.4 Å². The van der Waals surface area contributed by atoms with E-state index in [2.05, 4.69) is 5.10 Å². The SMILES string of the molecule is CCOC(=O)c1cc(S(=O)(=O)N2CCn3nccc3C2)c(C)n1C(F)F. The van der Waals surface area contributed by atoms with Gasteiger partial charge in [0.15, 0.2) is 0 Å². The van der Waals surface area contributed by atoms with Gasteiger partial charge in [0.2, 0.25) is 10.0 Å². The zero-order valence-corrected chi connectivity index (χ0v) is 15.0. The summed E-state index contributed by atoms with van der Waals surface area (Å²) < 4.78 is 60.9. The van der Waals surface area contributed by atoms with E-state index in [1.165, 1.54) is 18.2 Å². The van der Waals surface area contributed by atoms with Crippen LogP contribution in [0.3, 0.4) is 0 Å². The van der Waals surface area contributed by atoms with Gasteiger partial charge in [-0.15, -0.1) is 0 Å². The van der Waals surface area contributed by atoms with Crippen LogP contribution in [0.25, 0.3) is 0 Å². The molecule has 0 saturated heterocycles. The van der Waals surface area contributed by atoms with Crippen molar-refractivity contribution in [2.45, 2.75) is 38.4 Å². The maximum absolute atomic E-state index is 13.4. The molecule has 0 unspecified atom stereocenters. The minimum atomic E-state index is -4.07. The number of ether oxygens (including phenoxy) is 1. The molecule has 0 amide bonds. The number of nitrogens with zero attached hydrogens (tertiary/aromatic N) is 4. The number of halogens is 2. The van der Waals surface area contributed by atoms with E-state index in [-0.39, 0.29) is 30.3 Å². The molecule has 3 rings (SSSR count). The first-order valence-electron chi connectivity index (χ1n) is 7.95. The fraction of sp³-hybridized carbons (Fsp3) is 0.467. The molecular formula is C15H18F2N4O4S. The van der Waals surface area contributed by atoms with Crippen molar-refractivity contribution in [2.75, 3.05) is 13.2 Å². The molecule has 2 aromatic heterocycles. The molecule has 0 radical (unpaired) electrons. The van der Waals surface area contributed by atoms with Crippen molar-refractivity contribution in [1.82, 2.24) is 18.7 Å². The molecule has 0 fully saturated rings. The summed E-state index contributed by atoms with van der Waals surface area (Å²) in [7, 11) is -4.07. The highest BCUT2D eigenvalue weighted by atomic mass is 32.2. The van der Waals surface area contributed by atoms with Gasteiger partial charge in [-0.1, -0.05) is 0 Å². The Labute approximate surface area is 149 Å². The molecule has 8 nitrogen and oxygen atoms in total. The molecule has 0 aromatic carbocycles. The highest BCUT2D eigenvalue weighted by Gasteiger charge is 2.34. The predicted molar refractivity (Wildman–Crippen MR) is 86.2 cm³/mol. The number of rotatable bonds is 5. The van der Waals surface area contributed by atoms with Gasteiger partial charge in [0.1, 0.15) is 10.6 Å². The van der Waals surface area contributed by atoms with Crippen LogP contribution >= 0.6 is 0 Å². The molecule has 3 heterocycles. The summed E-state index contributed by atoms with van der Waals surface area (Å²) in [5.74, 6) is -0.992. The summed E-state index contributed by atoms with van der Waals surface area (Å²) in [6.45, 7) is 0.304. The predicted octanol–water partition coefficient (Wildman–Crippen LogP) is 1.77. The second-order valence-electron chi connectivity index (χ2n) is 5.73. The number of aromatic nitrogens is 3. The van der Waals surface area contributed by atoms with Crippen LogP contribution in [-0.2, 0) is 27.8 Å². The fourth-order valence-electron chi connectivity index (χ4n) is 2.98. The van der Waals surface area contributed by atoms with Gasteiger partial charge in [0.25, 0.3) is 0 Å². The van der Waals surface area contributed by atoms with Gasteiger partial charge in [0, 0.05) is 18.4 Å². The zero-order valence-electron chi connectivity index (χ0n) is 14.2. The quantitative estimate of drug-likeness (QED) is 0.729. The number of alkyl halides is 2. The van der Waals surface area contributed by atoms with Crippen LogP contribution in [0, 0.1) is 6.92 Å². The summed E-state index contributed by atoms with van der Waals surface area (Å²) in [6, 6.07) is 2.66. The van der Waals surface area contributed by atoms with Gasteiger partial charge in [-0.3, -0.25) is 9.25 Å². The van der Waals surface area contributed by atoms with Crippen molar-refractivity contribution in [1.29, 1.82) is 0 Å². The maximum Gasteiger partial charge on any atom is 0.355 e. The summed E-state index contributed by atoms with van der Waals surface area (Å²) in [5, 5.41) is 4.08. The lowest BCUT2D eigenvalue weighted by Gasteiger charge is -2.27. The van der Waals surface area contributed by atoms with Crippen molar-refractivity contribution in [2.24, 2.45) is 0 Å². The average molecular weight is 388 g/mol. The molecule has 142 valence electrons. The summed E-state index contributed by atoms with van der Waals surface area (Å²) in [5.41, 5.74) is 0.0125. The zero-order chi connectivity index (χ0) is 19.1. The molecule has 0 saturated carbocycles. The van der Waals surface area contributed by atoms with Crippen molar-refractivity contribution >= 4 is 16.0 Å². The molecule has 26 heavy (non-hydrogen) atoms. The molecule has 0 bridgehead atoms. The van der Waals surface area contributed by atoms with E-state index < -0.39 is 28.2 Å². The van der Waals surface area contributed by atoms with Crippen LogP contribution in [0.1, 0.15) is 35.3 Å². The topological polar surface area (TPSA) is 86.4 Å². The Morgan fingerprint density at radius 2 is 2.12 bits per heavy atom. The Balaban J connectivity index is 2.03. The Kier molecular flexibility index (Phi) is 4.84. The van der Waals surface area contributed by atoms with Gasteiger partial charge in [-0.25, -0.2) is 13.2 Å². The van der Waals surface area contributed by atoms with E-state index >= 15 is 0 Å². The number of fused-ring (bicyclic) bond motifs is 1. The maximum atomic E-state index is 13.4. The Morgan fingerprint density at radius 1 is 1.38 bits per heavy atom. The third kappa shape index (κ3) is 3.01. The van der Waals surface area contributed by atoms with Crippen LogP contribution < -0.4 is 0 Å². The second-order valence-corrected chi connectivity index (χ2v) is 7.64. The average Bonchev–Trinajstić information content (AvgIpc) is 3.18. The highest BCUT2D eigenvalue weighted by Crippen LogP contribution is 2.30. The molecule has 11 heteroatoms. The lowest BCUT2D eigenvalue weighted by molar-refractivity contribution is 0.0406. The monoisotopic (exact) mass is 388 g/mol. The molecular weight excluding hydrogens is 370 g/mol. The summed E-state index contributed by atoms with van der Waals surface area (Å²) in [6.07, 6.45) is 1.57. The minimum Gasteiger partial charge on any atom is -0.461 e. The Morgan fingerprint density at radius 3 is 2.77 bits per heavy atom. The largest absolute Gasteiger partial charge is 0.461 e. The first-order chi connectivity index (χ1) is 12.3. The minimum absolute atomic E-state index is 0.00943. The van der Waals surface area contributed by atoms with Gasteiger partial charge >= 0.3 is 12.5 Å². The summed E-state index contributed by atoms with van der Waals surface area (Å²) in [4.78, 5) is 11.6. The number of carbonyl (C=O) groups is 1. The van der Waals surface area contributed by atoms with Crippen molar-refractivity contribution < 1.29 is 26.7 Å². The van der Waals surface area contributed by atoms with E-state index in [0.29, 0.717) is 16.8 Å². The highest BCUT2D eigenvalue weighted by molar-refractivity contribution is 7.89. The number of hydrogen-bond acceptors (Lipinski definition) is 5. The summed E-state index contributed by atoms with van der Waals surface area (Å²) >= 11 is 0. The third-order valence-corrected chi connectivity index (χ3v) is 6.21. The Bertz CT molecular complexity index is 936. The van der Waals surface area contributed by atoms with E-state index in [1.807, 2.05) is 0 Å². The van der Waals surface area contributed by atoms with E-state index in [9.17, 15) is 22.0 Å². The smallest absolute Gasteiger partial charge is 0.355 e. The van der Waals surface area contributed by atoms with Crippen molar-refractivity contribution in [3.8, 4) is 0 Å². The number of hydrogen-bond donors (Lipinski definition) is 0. The van der Waals surface area contributed by atoms with Gasteiger partial charge in [-0.2, -0.15) is 18.2 Å². The molecule has 2 aromatic rings. The number of esters is 1. The van der Waals surface area contributed by atoms with Crippen LogP contribution in [-0.4, -0.2) is 46.2 Å². The Hall–Kier alpha value is -2.27. The molecule has 0 N–H and O–H groups in total.